The minimum Gasteiger partial charge on any atom is -0.493 e. The maximum atomic E-state index is 12.2. The number of nitrogens with one attached hydrogen (secondary N) is 1. The Morgan fingerprint density at radius 2 is 1.96 bits per heavy atom. The maximum absolute atomic E-state index is 12.2. The molecule has 0 aliphatic carbocycles. The highest BCUT2D eigenvalue weighted by Crippen LogP contribution is 2.28. The van der Waals surface area contributed by atoms with Crippen molar-refractivity contribution < 1.29 is 14.3 Å². The van der Waals surface area contributed by atoms with Crippen molar-refractivity contribution in [2.75, 3.05) is 13.7 Å². The zero-order chi connectivity index (χ0) is 18.1. The number of carbonyl (C=O) groups is 1. The fourth-order valence-electron chi connectivity index (χ4n) is 2.24. The summed E-state index contributed by atoms with van der Waals surface area (Å²) in [5, 5.41) is 12.0. The van der Waals surface area contributed by atoms with E-state index in [9.17, 15) is 10.1 Å². The van der Waals surface area contributed by atoms with Crippen LogP contribution in [0.15, 0.2) is 54.1 Å². The lowest BCUT2D eigenvalue weighted by atomic mass is 10.1. The summed E-state index contributed by atoms with van der Waals surface area (Å²) in [6, 6.07) is 16.7. The molecule has 1 N–H and O–H groups in total. The summed E-state index contributed by atoms with van der Waals surface area (Å²) in [5.41, 5.74) is 1.69. The van der Waals surface area contributed by atoms with Gasteiger partial charge in [0.25, 0.3) is 5.91 Å². The molecule has 128 valence electrons. The van der Waals surface area contributed by atoms with Crippen LogP contribution in [0.1, 0.15) is 18.1 Å². The third-order valence-corrected chi connectivity index (χ3v) is 3.46. The first-order valence-corrected chi connectivity index (χ1v) is 7.92. The fourth-order valence-corrected chi connectivity index (χ4v) is 2.24. The van der Waals surface area contributed by atoms with E-state index in [1.54, 1.807) is 25.3 Å². The monoisotopic (exact) mass is 336 g/mol. The van der Waals surface area contributed by atoms with Crippen LogP contribution >= 0.6 is 0 Å². The lowest BCUT2D eigenvalue weighted by molar-refractivity contribution is -0.117. The smallest absolute Gasteiger partial charge is 0.262 e. The average molecular weight is 336 g/mol. The number of benzene rings is 2. The summed E-state index contributed by atoms with van der Waals surface area (Å²) in [4.78, 5) is 12.2. The van der Waals surface area contributed by atoms with Crippen molar-refractivity contribution in [3.63, 3.8) is 0 Å². The van der Waals surface area contributed by atoms with Gasteiger partial charge in [0.2, 0.25) is 0 Å². The van der Waals surface area contributed by atoms with Crippen LogP contribution in [0.25, 0.3) is 6.08 Å². The van der Waals surface area contributed by atoms with Crippen molar-refractivity contribution in [2.45, 2.75) is 13.5 Å². The number of nitrogens with zero attached hydrogens (tertiary/aromatic N) is 1. The van der Waals surface area contributed by atoms with E-state index in [0.717, 1.165) is 5.56 Å². The van der Waals surface area contributed by atoms with Gasteiger partial charge in [-0.25, -0.2) is 0 Å². The third kappa shape index (κ3) is 5.11. The van der Waals surface area contributed by atoms with Crippen LogP contribution in [-0.2, 0) is 11.3 Å². The van der Waals surface area contributed by atoms with E-state index in [4.69, 9.17) is 9.47 Å². The second kappa shape index (κ2) is 9.14. The van der Waals surface area contributed by atoms with E-state index in [1.165, 1.54) is 6.08 Å². The summed E-state index contributed by atoms with van der Waals surface area (Å²) in [5.74, 6) is 0.756. The Kier molecular flexibility index (Phi) is 6.61. The molecule has 0 unspecified atom stereocenters. The van der Waals surface area contributed by atoms with Crippen LogP contribution in [0.3, 0.4) is 0 Å². The van der Waals surface area contributed by atoms with Gasteiger partial charge in [-0.05, 0) is 36.3 Å². The molecule has 0 aliphatic rings. The molecule has 0 atom stereocenters. The molecule has 0 bridgehead atoms. The molecule has 0 aromatic heterocycles. The molecule has 0 saturated heterocycles. The largest absolute Gasteiger partial charge is 0.493 e. The Balaban J connectivity index is 2.14. The van der Waals surface area contributed by atoms with Gasteiger partial charge in [0, 0.05) is 6.54 Å². The number of hydrogen-bond acceptors (Lipinski definition) is 4. The summed E-state index contributed by atoms with van der Waals surface area (Å²) < 4.78 is 10.7. The van der Waals surface area contributed by atoms with Gasteiger partial charge in [0.05, 0.1) is 13.7 Å². The molecule has 0 radical (unpaired) electrons. The molecule has 0 spiro atoms. The van der Waals surface area contributed by atoms with Crippen LogP contribution < -0.4 is 14.8 Å². The molecule has 0 heterocycles. The van der Waals surface area contributed by atoms with Crippen molar-refractivity contribution >= 4 is 12.0 Å². The summed E-state index contributed by atoms with van der Waals surface area (Å²) in [7, 11) is 1.56. The minimum absolute atomic E-state index is 0.0311. The Hall–Kier alpha value is -3.26. The molecule has 5 heteroatoms. The Bertz CT molecular complexity index is 792. The number of ether oxygens (including phenoxy) is 2. The standard InChI is InChI=1S/C20H20N2O3/c1-3-25-19-12-16(9-10-18(19)24-2)11-17(13-21)20(23)22-14-15-7-5-4-6-8-15/h4-12H,3,14H2,1-2H3,(H,22,23)/b17-11-. The lowest BCUT2D eigenvalue weighted by Gasteiger charge is -2.10. The van der Waals surface area contributed by atoms with Gasteiger partial charge < -0.3 is 14.8 Å². The van der Waals surface area contributed by atoms with E-state index in [-0.39, 0.29) is 5.57 Å². The van der Waals surface area contributed by atoms with Crippen LogP contribution in [0.4, 0.5) is 0 Å². The lowest BCUT2D eigenvalue weighted by Crippen LogP contribution is -2.23. The van der Waals surface area contributed by atoms with E-state index in [1.807, 2.05) is 43.3 Å². The van der Waals surface area contributed by atoms with Crippen LogP contribution in [0.5, 0.6) is 11.5 Å². The zero-order valence-electron chi connectivity index (χ0n) is 14.3. The van der Waals surface area contributed by atoms with Crippen LogP contribution in [0.2, 0.25) is 0 Å². The second-order valence-corrected chi connectivity index (χ2v) is 5.18. The van der Waals surface area contributed by atoms with Crippen LogP contribution in [0, 0.1) is 11.3 Å². The second-order valence-electron chi connectivity index (χ2n) is 5.18. The van der Waals surface area contributed by atoms with Gasteiger partial charge in [-0.15, -0.1) is 0 Å². The Morgan fingerprint density at radius 3 is 2.60 bits per heavy atom. The van der Waals surface area contributed by atoms with Crippen molar-refractivity contribution in [2.24, 2.45) is 0 Å². The van der Waals surface area contributed by atoms with E-state index in [2.05, 4.69) is 5.32 Å². The molecular formula is C20H20N2O3. The van der Waals surface area contributed by atoms with E-state index in [0.29, 0.717) is 30.2 Å². The number of carbonyl (C=O) groups excluding carboxylic acids is 1. The van der Waals surface area contributed by atoms with Crippen molar-refractivity contribution in [3.05, 3.63) is 65.2 Å². The summed E-state index contributed by atoms with van der Waals surface area (Å²) >= 11 is 0. The quantitative estimate of drug-likeness (QED) is 0.622. The normalized spacial score (nSPS) is 10.7. The van der Waals surface area contributed by atoms with E-state index < -0.39 is 5.91 Å². The topological polar surface area (TPSA) is 71.3 Å². The predicted molar refractivity (Wildman–Crippen MR) is 96.0 cm³/mol. The summed E-state index contributed by atoms with van der Waals surface area (Å²) in [6.07, 6.45) is 1.53. The molecule has 0 saturated carbocycles. The molecule has 0 fully saturated rings. The molecule has 0 aliphatic heterocycles. The van der Waals surface area contributed by atoms with Gasteiger partial charge in [-0.3, -0.25) is 4.79 Å². The maximum Gasteiger partial charge on any atom is 0.262 e. The predicted octanol–water partition coefficient (Wildman–Crippen LogP) is 3.32. The first-order chi connectivity index (χ1) is 12.2. The van der Waals surface area contributed by atoms with Gasteiger partial charge in [-0.2, -0.15) is 5.26 Å². The number of nitriles is 1. The number of hydrogen-bond donors (Lipinski definition) is 1. The fraction of sp³-hybridized carbons (Fsp3) is 0.200. The molecule has 2 rings (SSSR count). The van der Waals surface area contributed by atoms with Crippen LogP contribution in [-0.4, -0.2) is 19.6 Å². The van der Waals surface area contributed by atoms with Gasteiger partial charge >= 0.3 is 0 Å². The van der Waals surface area contributed by atoms with Crippen molar-refractivity contribution in [1.29, 1.82) is 5.26 Å². The van der Waals surface area contributed by atoms with Gasteiger partial charge in [0.15, 0.2) is 11.5 Å². The SMILES string of the molecule is CCOc1cc(/C=C(/C#N)C(=O)NCc2ccccc2)ccc1OC. The molecule has 2 aromatic rings. The van der Waals surface area contributed by atoms with Gasteiger partial charge in [0.1, 0.15) is 11.6 Å². The third-order valence-electron chi connectivity index (χ3n) is 3.46. The average Bonchev–Trinajstić information content (AvgIpc) is 2.65. The number of rotatable bonds is 7. The Morgan fingerprint density at radius 1 is 1.20 bits per heavy atom. The number of methoxy groups -OCH3 is 1. The highest BCUT2D eigenvalue weighted by Gasteiger charge is 2.10. The Labute approximate surface area is 147 Å². The first-order valence-electron chi connectivity index (χ1n) is 7.92. The van der Waals surface area contributed by atoms with E-state index >= 15 is 0 Å². The molecule has 2 aromatic carbocycles. The highest BCUT2D eigenvalue weighted by molar-refractivity contribution is 6.01. The van der Waals surface area contributed by atoms with Crippen molar-refractivity contribution in [1.82, 2.24) is 5.32 Å². The molecule has 1 amide bonds. The van der Waals surface area contributed by atoms with Crippen molar-refractivity contribution in [3.8, 4) is 17.6 Å². The summed E-state index contributed by atoms with van der Waals surface area (Å²) in [6.45, 7) is 2.73. The van der Waals surface area contributed by atoms with Gasteiger partial charge in [-0.1, -0.05) is 36.4 Å². The number of amides is 1. The molecule has 5 nitrogen and oxygen atoms in total. The minimum atomic E-state index is -0.417. The molecular weight excluding hydrogens is 316 g/mol. The highest BCUT2D eigenvalue weighted by atomic mass is 16.5. The zero-order valence-corrected chi connectivity index (χ0v) is 14.3. The first kappa shape index (κ1) is 18.1. The molecule has 25 heavy (non-hydrogen) atoms.